The second-order valence-electron chi connectivity index (χ2n) is 10.3. The lowest BCUT2D eigenvalue weighted by molar-refractivity contribution is -0.202. The first kappa shape index (κ1) is 25.4. The number of nitrogens with zero attached hydrogens (tertiary/aromatic N) is 6. The van der Waals surface area contributed by atoms with E-state index in [-0.39, 0.29) is 11.5 Å². The van der Waals surface area contributed by atoms with Crippen LogP contribution in [0.5, 0.6) is 0 Å². The molecule has 0 saturated carbocycles. The third-order valence-corrected chi connectivity index (χ3v) is 7.65. The lowest BCUT2D eigenvalue weighted by Crippen LogP contribution is -2.48. The zero-order valence-electron chi connectivity index (χ0n) is 22.5. The molecule has 2 aromatic carbocycles. The molecule has 0 bridgehead atoms. The Bertz CT molecular complexity index is 1460. The Morgan fingerprint density at radius 2 is 1.82 bits per heavy atom. The van der Waals surface area contributed by atoms with Gasteiger partial charge in [-0.3, -0.25) is 9.48 Å². The molecule has 10 heteroatoms. The first-order chi connectivity index (χ1) is 18.9. The summed E-state index contributed by atoms with van der Waals surface area (Å²) in [6, 6.07) is 17.7. The SMILES string of the molecule is COC1(c2ccc(-c3noc(-c4cc(C)n(Cc5cccc(C(=O)N6CCN(C)CC6)c5)n4)n3)cc2)COC1. The lowest BCUT2D eigenvalue weighted by atomic mass is 9.91. The Labute approximate surface area is 227 Å². The Hall–Kier alpha value is -3.86. The topological polar surface area (TPSA) is 98.8 Å². The minimum Gasteiger partial charge on any atom is -0.375 e. The predicted octanol–water partition coefficient (Wildman–Crippen LogP) is 3.22. The molecule has 0 N–H and O–H groups in total. The van der Waals surface area contributed by atoms with Crippen LogP contribution in [0.2, 0.25) is 0 Å². The highest BCUT2D eigenvalue weighted by molar-refractivity contribution is 5.94. The van der Waals surface area contributed by atoms with Gasteiger partial charge in [0.15, 0.2) is 5.69 Å². The van der Waals surface area contributed by atoms with Crippen LogP contribution in [0.25, 0.3) is 23.0 Å². The Balaban J connectivity index is 1.16. The van der Waals surface area contributed by atoms with Crippen molar-refractivity contribution < 1.29 is 18.8 Å². The molecule has 2 saturated heterocycles. The molecule has 202 valence electrons. The number of carbonyl (C=O) groups excluding carboxylic acids is 1. The summed E-state index contributed by atoms with van der Waals surface area (Å²) in [5.41, 5.74) is 4.81. The van der Waals surface area contributed by atoms with Gasteiger partial charge in [-0.1, -0.05) is 41.6 Å². The maximum Gasteiger partial charge on any atom is 0.278 e. The maximum atomic E-state index is 13.0. The molecular formula is C29H32N6O4. The number of ether oxygens (including phenoxy) is 2. The fourth-order valence-corrected chi connectivity index (χ4v) is 5.00. The van der Waals surface area contributed by atoms with E-state index in [1.807, 2.05) is 71.1 Å². The highest BCUT2D eigenvalue weighted by Gasteiger charge is 2.40. The van der Waals surface area contributed by atoms with E-state index in [1.165, 1.54) is 0 Å². The largest absolute Gasteiger partial charge is 0.375 e. The maximum absolute atomic E-state index is 13.0. The predicted molar refractivity (Wildman–Crippen MR) is 144 cm³/mol. The van der Waals surface area contributed by atoms with Crippen molar-refractivity contribution in [2.45, 2.75) is 19.1 Å². The number of piperazine rings is 1. The average molecular weight is 529 g/mol. The normalized spacial score (nSPS) is 17.3. The van der Waals surface area contributed by atoms with Crippen LogP contribution in [-0.2, 0) is 21.6 Å². The summed E-state index contributed by atoms with van der Waals surface area (Å²) in [4.78, 5) is 21.8. The minimum atomic E-state index is -0.372. The molecule has 2 fully saturated rings. The van der Waals surface area contributed by atoms with E-state index >= 15 is 0 Å². The van der Waals surface area contributed by atoms with Crippen LogP contribution in [0.3, 0.4) is 0 Å². The summed E-state index contributed by atoms with van der Waals surface area (Å²) in [5, 5.41) is 8.90. The number of aryl methyl sites for hydroxylation is 1. The minimum absolute atomic E-state index is 0.0765. The summed E-state index contributed by atoms with van der Waals surface area (Å²) >= 11 is 0. The van der Waals surface area contributed by atoms with Crippen LogP contribution in [0.4, 0.5) is 0 Å². The van der Waals surface area contributed by atoms with E-state index in [0.29, 0.717) is 42.7 Å². The van der Waals surface area contributed by atoms with E-state index < -0.39 is 0 Å². The molecule has 4 heterocycles. The van der Waals surface area contributed by atoms with Crippen LogP contribution in [0, 0.1) is 6.92 Å². The summed E-state index contributed by atoms with van der Waals surface area (Å²) in [7, 11) is 3.78. The van der Waals surface area contributed by atoms with E-state index in [9.17, 15) is 4.79 Å². The van der Waals surface area contributed by atoms with Gasteiger partial charge in [-0.05, 0) is 43.3 Å². The fourth-order valence-electron chi connectivity index (χ4n) is 5.00. The van der Waals surface area contributed by atoms with Crippen molar-refractivity contribution in [3.05, 3.63) is 77.0 Å². The lowest BCUT2D eigenvalue weighted by Gasteiger charge is -2.40. The van der Waals surface area contributed by atoms with Gasteiger partial charge in [0.1, 0.15) is 5.60 Å². The number of benzene rings is 2. The van der Waals surface area contributed by atoms with E-state index in [0.717, 1.165) is 48.6 Å². The Kier molecular flexibility index (Phi) is 6.76. The Morgan fingerprint density at radius 1 is 1.05 bits per heavy atom. The van der Waals surface area contributed by atoms with E-state index in [2.05, 4.69) is 22.1 Å². The number of likely N-dealkylation sites (N-methyl/N-ethyl adjacent to an activating group) is 1. The van der Waals surface area contributed by atoms with Crippen LogP contribution >= 0.6 is 0 Å². The third kappa shape index (κ3) is 4.98. The van der Waals surface area contributed by atoms with Gasteiger partial charge in [0, 0.05) is 50.1 Å². The standard InChI is InChI=1S/C29H32N6O4/c1-20-15-25(27-30-26(32-39-27)22-7-9-24(10-8-22)29(37-3)18-38-19-29)31-35(20)17-21-5-4-6-23(16-21)28(36)34-13-11-33(2)12-14-34/h4-10,15-16H,11-14,17-19H2,1-3H3. The van der Waals surface area contributed by atoms with Crippen molar-refractivity contribution in [1.29, 1.82) is 0 Å². The highest BCUT2D eigenvalue weighted by Crippen LogP contribution is 2.34. The van der Waals surface area contributed by atoms with Gasteiger partial charge >= 0.3 is 0 Å². The van der Waals surface area contributed by atoms with Gasteiger partial charge in [-0.2, -0.15) is 10.1 Å². The van der Waals surface area contributed by atoms with Crippen molar-refractivity contribution in [3.63, 3.8) is 0 Å². The Morgan fingerprint density at radius 3 is 2.51 bits per heavy atom. The van der Waals surface area contributed by atoms with Crippen LogP contribution in [-0.4, -0.2) is 89.2 Å². The molecule has 1 amide bonds. The van der Waals surface area contributed by atoms with Gasteiger partial charge in [-0.15, -0.1) is 0 Å². The van der Waals surface area contributed by atoms with Gasteiger partial charge < -0.3 is 23.8 Å². The number of rotatable bonds is 7. The molecule has 0 radical (unpaired) electrons. The number of amides is 1. The van der Waals surface area contributed by atoms with E-state index in [1.54, 1.807) is 7.11 Å². The molecule has 0 unspecified atom stereocenters. The van der Waals surface area contributed by atoms with Gasteiger partial charge in [0.25, 0.3) is 11.8 Å². The van der Waals surface area contributed by atoms with Crippen molar-refractivity contribution in [2.24, 2.45) is 0 Å². The van der Waals surface area contributed by atoms with Crippen molar-refractivity contribution in [3.8, 4) is 23.0 Å². The molecule has 10 nitrogen and oxygen atoms in total. The van der Waals surface area contributed by atoms with Crippen LogP contribution < -0.4 is 0 Å². The second-order valence-corrected chi connectivity index (χ2v) is 10.3. The monoisotopic (exact) mass is 528 g/mol. The molecule has 2 aliphatic rings. The summed E-state index contributed by atoms with van der Waals surface area (Å²) in [5.74, 6) is 0.929. The zero-order valence-corrected chi connectivity index (χ0v) is 22.5. The molecule has 2 aromatic heterocycles. The third-order valence-electron chi connectivity index (χ3n) is 7.65. The van der Waals surface area contributed by atoms with Crippen molar-refractivity contribution in [1.82, 2.24) is 29.7 Å². The molecule has 0 aliphatic carbocycles. The smallest absolute Gasteiger partial charge is 0.278 e. The molecule has 4 aromatic rings. The quantitative estimate of drug-likeness (QED) is 0.361. The second kappa shape index (κ2) is 10.4. The molecule has 2 aliphatic heterocycles. The average Bonchev–Trinajstić information content (AvgIpc) is 3.56. The summed E-state index contributed by atoms with van der Waals surface area (Å²) in [6.07, 6.45) is 0. The van der Waals surface area contributed by atoms with Crippen LogP contribution in [0.15, 0.2) is 59.1 Å². The van der Waals surface area contributed by atoms with E-state index in [4.69, 9.17) is 19.1 Å². The molecule has 6 rings (SSSR count). The van der Waals surface area contributed by atoms with Gasteiger partial charge in [0.05, 0.1) is 19.8 Å². The van der Waals surface area contributed by atoms with Crippen molar-refractivity contribution >= 4 is 5.91 Å². The number of methoxy groups -OCH3 is 1. The summed E-state index contributed by atoms with van der Waals surface area (Å²) in [6.45, 7) is 6.91. The van der Waals surface area contributed by atoms with Gasteiger partial charge in [-0.25, -0.2) is 0 Å². The van der Waals surface area contributed by atoms with Gasteiger partial charge in [0.2, 0.25) is 5.82 Å². The number of hydrogen-bond acceptors (Lipinski definition) is 8. The molecular weight excluding hydrogens is 496 g/mol. The molecule has 0 atom stereocenters. The highest BCUT2D eigenvalue weighted by atomic mass is 16.6. The van der Waals surface area contributed by atoms with Crippen molar-refractivity contribution in [2.75, 3.05) is 53.6 Å². The molecule has 39 heavy (non-hydrogen) atoms. The number of hydrogen-bond donors (Lipinski definition) is 0. The number of carbonyl (C=O) groups is 1. The van der Waals surface area contributed by atoms with Crippen LogP contribution in [0.1, 0.15) is 27.2 Å². The first-order valence-electron chi connectivity index (χ1n) is 13.1. The number of aromatic nitrogens is 4. The summed E-state index contributed by atoms with van der Waals surface area (Å²) < 4.78 is 18.5. The molecule has 0 spiro atoms. The first-order valence-corrected chi connectivity index (χ1v) is 13.1. The fraction of sp³-hybridized carbons (Fsp3) is 0.379. The zero-order chi connectivity index (χ0) is 27.0.